The lowest BCUT2D eigenvalue weighted by Crippen LogP contribution is -2.19. The van der Waals surface area contributed by atoms with Crippen molar-refractivity contribution in [3.63, 3.8) is 0 Å². The zero-order valence-electron chi connectivity index (χ0n) is 6.68. The molecular formula is C11H9Br. The van der Waals surface area contributed by atoms with Crippen molar-refractivity contribution >= 4 is 28.1 Å². The molecule has 1 spiro atoms. The normalized spacial score (nSPS) is 21.4. The zero-order valence-corrected chi connectivity index (χ0v) is 8.26. The van der Waals surface area contributed by atoms with E-state index in [0.717, 1.165) is 0 Å². The number of halogens is 1. The minimum atomic E-state index is 0.475. The molecule has 0 N–H and O–H groups in total. The van der Waals surface area contributed by atoms with E-state index in [1.165, 1.54) is 27.8 Å². The molecule has 0 amide bonds. The SMILES string of the molecule is Brc1ccc2c(c1)=CC1(C=2)CC1. The van der Waals surface area contributed by atoms with Gasteiger partial charge in [-0.15, -0.1) is 0 Å². The van der Waals surface area contributed by atoms with Crippen LogP contribution in [0.4, 0.5) is 0 Å². The van der Waals surface area contributed by atoms with E-state index in [2.05, 4.69) is 46.3 Å². The molecule has 0 radical (unpaired) electrons. The van der Waals surface area contributed by atoms with E-state index in [9.17, 15) is 0 Å². The monoisotopic (exact) mass is 220 g/mol. The van der Waals surface area contributed by atoms with Crippen LogP contribution >= 0.6 is 15.9 Å². The Bertz CT molecular complexity index is 452. The smallest absolute Gasteiger partial charge is 0.0181 e. The highest BCUT2D eigenvalue weighted by Gasteiger charge is 2.39. The summed E-state index contributed by atoms with van der Waals surface area (Å²) in [5.74, 6) is 0. The van der Waals surface area contributed by atoms with E-state index in [-0.39, 0.29) is 0 Å². The molecule has 2 aliphatic rings. The third-order valence-electron chi connectivity index (χ3n) is 2.76. The van der Waals surface area contributed by atoms with Crippen LogP contribution in [-0.2, 0) is 0 Å². The number of hydrogen-bond acceptors (Lipinski definition) is 0. The first-order valence-electron chi connectivity index (χ1n) is 4.29. The molecule has 1 heteroatoms. The van der Waals surface area contributed by atoms with Gasteiger partial charge in [0.15, 0.2) is 0 Å². The quantitative estimate of drug-likeness (QED) is 0.626. The van der Waals surface area contributed by atoms with Crippen molar-refractivity contribution in [3.05, 3.63) is 33.1 Å². The van der Waals surface area contributed by atoms with Gasteiger partial charge in [-0.05, 0) is 35.4 Å². The van der Waals surface area contributed by atoms with E-state index >= 15 is 0 Å². The van der Waals surface area contributed by atoms with Gasteiger partial charge in [-0.3, -0.25) is 0 Å². The zero-order chi connectivity index (χ0) is 8.18. The van der Waals surface area contributed by atoms with Gasteiger partial charge in [0.1, 0.15) is 0 Å². The van der Waals surface area contributed by atoms with E-state index in [1.54, 1.807) is 0 Å². The molecule has 1 aromatic rings. The number of fused-ring (bicyclic) bond motifs is 1. The maximum atomic E-state index is 3.49. The maximum Gasteiger partial charge on any atom is 0.0181 e. The largest absolute Gasteiger partial charge is 0.0666 e. The van der Waals surface area contributed by atoms with Crippen LogP contribution in [0, 0.1) is 5.41 Å². The lowest BCUT2D eigenvalue weighted by Gasteiger charge is -1.91. The van der Waals surface area contributed by atoms with E-state index in [0.29, 0.717) is 5.41 Å². The Morgan fingerprint density at radius 2 is 1.83 bits per heavy atom. The average molecular weight is 221 g/mol. The topological polar surface area (TPSA) is 0 Å². The van der Waals surface area contributed by atoms with Gasteiger partial charge in [0.2, 0.25) is 0 Å². The summed E-state index contributed by atoms with van der Waals surface area (Å²) in [5.41, 5.74) is 0.475. The predicted octanol–water partition coefficient (Wildman–Crippen LogP) is 1.80. The molecule has 1 saturated carbocycles. The maximum absolute atomic E-state index is 3.49. The second kappa shape index (κ2) is 2.02. The molecule has 0 atom stereocenters. The van der Waals surface area contributed by atoms with Gasteiger partial charge < -0.3 is 0 Å². The minimum Gasteiger partial charge on any atom is -0.0666 e. The molecular weight excluding hydrogens is 212 g/mol. The van der Waals surface area contributed by atoms with Crippen LogP contribution in [0.1, 0.15) is 12.8 Å². The van der Waals surface area contributed by atoms with E-state index in [1.807, 2.05) is 0 Å². The van der Waals surface area contributed by atoms with Crippen molar-refractivity contribution in [1.82, 2.24) is 0 Å². The Morgan fingerprint density at radius 3 is 2.58 bits per heavy atom. The fraction of sp³-hybridized carbons (Fsp3) is 0.273. The first-order chi connectivity index (χ1) is 5.77. The minimum absolute atomic E-state index is 0.475. The first-order valence-corrected chi connectivity index (χ1v) is 5.08. The summed E-state index contributed by atoms with van der Waals surface area (Å²) >= 11 is 3.49. The Hall–Kier alpha value is -0.560. The Balaban J connectivity index is 2.37. The van der Waals surface area contributed by atoms with Crippen LogP contribution in [0.3, 0.4) is 0 Å². The van der Waals surface area contributed by atoms with Gasteiger partial charge in [0.25, 0.3) is 0 Å². The molecule has 0 aromatic heterocycles. The molecule has 0 heterocycles. The van der Waals surface area contributed by atoms with Crippen LogP contribution in [0.25, 0.3) is 12.2 Å². The first kappa shape index (κ1) is 6.90. The van der Waals surface area contributed by atoms with Crippen molar-refractivity contribution in [2.75, 3.05) is 0 Å². The van der Waals surface area contributed by atoms with Crippen molar-refractivity contribution in [2.24, 2.45) is 5.41 Å². The number of rotatable bonds is 0. The summed E-state index contributed by atoms with van der Waals surface area (Å²) in [7, 11) is 0. The average Bonchev–Trinajstić information content (AvgIpc) is 2.63. The Morgan fingerprint density at radius 1 is 1.08 bits per heavy atom. The van der Waals surface area contributed by atoms with Crippen molar-refractivity contribution in [3.8, 4) is 0 Å². The van der Waals surface area contributed by atoms with Crippen LogP contribution < -0.4 is 10.4 Å². The predicted molar refractivity (Wildman–Crippen MR) is 54.0 cm³/mol. The Labute approximate surface area is 79.7 Å². The van der Waals surface area contributed by atoms with Crippen LogP contribution in [0.15, 0.2) is 22.7 Å². The molecule has 3 rings (SSSR count). The summed E-state index contributed by atoms with van der Waals surface area (Å²) < 4.78 is 1.18. The molecule has 0 aliphatic heterocycles. The molecule has 1 aromatic carbocycles. The summed E-state index contributed by atoms with van der Waals surface area (Å²) in [6, 6.07) is 6.52. The standard InChI is InChI=1S/C11H9Br/c12-10-2-1-8-6-11(3-4-11)7-9(8)5-10/h1-2,5-7H,3-4H2. The summed E-state index contributed by atoms with van der Waals surface area (Å²) in [6.07, 6.45) is 7.51. The second-order valence-electron chi connectivity index (χ2n) is 3.80. The molecule has 1 fully saturated rings. The van der Waals surface area contributed by atoms with Crippen molar-refractivity contribution in [1.29, 1.82) is 0 Å². The van der Waals surface area contributed by atoms with E-state index < -0.39 is 0 Å². The molecule has 2 aliphatic carbocycles. The van der Waals surface area contributed by atoms with Gasteiger partial charge in [-0.2, -0.15) is 0 Å². The van der Waals surface area contributed by atoms with E-state index in [4.69, 9.17) is 0 Å². The van der Waals surface area contributed by atoms with Crippen molar-refractivity contribution in [2.45, 2.75) is 12.8 Å². The second-order valence-corrected chi connectivity index (χ2v) is 4.71. The lowest BCUT2D eigenvalue weighted by atomic mass is 10.1. The molecule has 0 bridgehead atoms. The molecule has 60 valence electrons. The molecule has 0 unspecified atom stereocenters. The Kier molecular flexibility index (Phi) is 1.16. The van der Waals surface area contributed by atoms with Gasteiger partial charge in [-0.1, -0.05) is 34.1 Å². The van der Waals surface area contributed by atoms with Gasteiger partial charge >= 0.3 is 0 Å². The van der Waals surface area contributed by atoms with Crippen LogP contribution in [0.2, 0.25) is 0 Å². The van der Waals surface area contributed by atoms with Crippen LogP contribution in [-0.4, -0.2) is 0 Å². The highest BCUT2D eigenvalue weighted by molar-refractivity contribution is 9.10. The fourth-order valence-electron chi connectivity index (χ4n) is 1.90. The third-order valence-corrected chi connectivity index (χ3v) is 3.26. The highest BCUT2D eigenvalue weighted by atomic mass is 79.9. The van der Waals surface area contributed by atoms with Gasteiger partial charge in [0.05, 0.1) is 0 Å². The highest BCUT2D eigenvalue weighted by Crippen LogP contribution is 2.49. The third kappa shape index (κ3) is 0.893. The van der Waals surface area contributed by atoms with Crippen LogP contribution in [0.5, 0.6) is 0 Å². The molecule has 0 nitrogen and oxygen atoms in total. The van der Waals surface area contributed by atoms with Gasteiger partial charge in [-0.25, -0.2) is 0 Å². The summed E-state index contributed by atoms with van der Waals surface area (Å²) in [6.45, 7) is 0. The summed E-state index contributed by atoms with van der Waals surface area (Å²) in [5, 5.41) is 2.82. The fourth-order valence-corrected chi connectivity index (χ4v) is 2.27. The molecule has 0 saturated heterocycles. The summed E-state index contributed by atoms with van der Waals surface area (Å²) in [4.78, 5) is 0. The molecule has 12 heavy (non-hydrogen) atoms. The number of benzene rings is 1. The number of hydrogen-bond donors (Lipinski definition) is 0. The lowest BCUT2D eigenvalue weighted by molar-refractivity contribution is 0.996. The van der Waals surface area contributed by atoms with Gasteiger partial charge in [0, 0.05) is 9.89 Å². The van der Waals surface area contributed by atoms with Crippen molar-refractivity contribution < 1.29 is 0 Å².